The molecule has 2 heterocycles. The van der Waals surface area contributed by atoms with Crippen LogP contribution in [0, 0.1) is 0 Å². The van der Waals surface area contributed by atoms with Gasteiger partial charge in [0.25, 0.3) is 0 Å². The Bertz CT molecular complexity index is 1090. The van der Waals surface area contributed by atoms with Crippen molar-refractivity contribution >= 4 is 57.3 Å². The van der Waals surface area contributed by atoms with Crippen LogP contribution in [0.5, 0.6) is 5.75 Å². The number of phenolic OH excluding ortho intramolecular Hbond substituents is 1. The van der Waals surface area contributed by atoms with Crippen LogP contribution in [0.25, 0.3) is 0 Å². The van der Waals surface area contributed by atoms with Crippen molar-refractivity contribution in [2.24, 2.45) is 5.10 Å². The zero-order chi connectivity index (χ0) is 21.6. The Balaban J connectivity index is 1.59. The number of aromatic hydroxyl groups is 1. The van der Waals surface area contributed by atoms with E-state index in [1.54, 1.807) is 12.1 Å². The van der Waals surface area contributed by atoms with Gasteiger partial charge in [0.1, 0.15) is 5.75 Å². The van der Waals surface area contributed by atoms with Gasteiger partial charge in [0.05, 0.1) is 19.4 Å². The molecule has 1 aliphatic heterocycles. The van der Waals surface area contributed by atoms with Crippen LogP contribution in [-0.4, -0.2) is 52.6 Å². The van der Waals surface area contributed by atoms with E-state index in [4.69, 9.17) is 16.3 Å². The molecule has 0 aliphatic carbocycles. The molecule has 31 heavy (non-hydrogen) atoms. The molecule has 4 rings (SSSR count). The predicted molar refractivity (Wildman–Crippen MR) is 125 cm³/mol. The van der Waals surface area contributed by atoms with Crippen molar-refractivity contribution < 1.29 is 9.84 Å². The van der Waals surface area contributed by atoms with Crippen LogP contribution < -0.4 is 15.6 Å². The van der Waals surface area contributed by atoms with Gasteiger partial charge in [0.2, 0.25) is 17.8 Å². The Labute approximate surface area is 192 Å². The van der Waals surface area contributed by atoms with E-state index >= 15 is 0 Å². The van der Waals surface area contributed by atoms with Gasteiger partial charge in [-0.2, -0.15) is 20.1 Å². The fourth-order valence-corrected chi connectivity index (χ4v) is 3.44. The highest BCUT2D eigenvalue weighted by Crippen LogP contribution is 2.22. The van der Waals surface area contributed by atoms with Crippen molar-refractivity contribution in [3.8, 4) is 5.75 Å². The van der Waals surface area contributed by atoms with Crippen molar-refractivity contribution in [2.75, 3.05) is 41.9 Å². The largest absolute Gasteiger partial charge is 0.507 e. The lowest BCUT2D eigenvalue weighted by Crippen LogP contribution is -2.37. The minimum Gasteiger partial charge on any atom is -0.507 e. The van der Waals surface area contributed by atoms with Gasteiger partial charge in [-0.15, -0.1) is 0 Å². The predicted octanol–water partition coefficient (Wildman–Crippen LogP) is 4.02. The van der Waals surface area contributed by atoms with Crippen LogP contribution in [0.2, 0.25) is 5.02 Å². The van der Waals surface area contributed by atoms with Gasteiger partial charge in [0.15, 0.2) is 0 Å². The number of hydrogen-bond donors (Lipinski definition) is 3. The van der Waals surface area contributed by atoms with Crippen LogP contribution >= 0.6 is 27.5 Å². The van der Waals surface area contributed by atoms with E-state index in [9.17, 15) is 5.11 Å². The second-order valence-corrected chi connectivity index (χ2v) is 7.94. The highest BCUT2D eigenvalue weighted by molar-refractivity contribution is 9.10. The van der Waals surface area contributed by atoms with Crippen LogP contribution in [0.3, 0.4) is 0 Å². The zero-order valence-electron chi connectivity index (χ0n) is 16.3. The number of ether oxygens (including phenoxy) is 1. The smallest absolute Gasteiger partial charge is 0.250 e. The first-order chi connectivity index (χ1) is 15.1. The quantitative estimate of drug-likeness (QED) is 0.341. The van der Waals surface area contributed by atoms with Crippen molar-refractivity contribution in [1.82, 2.24) is 15.0 Å². The first-order valence-electron chi connectivity index (χ1n) is 9.46. The second kappa shape index (κ2) is 9.90. The van der Waals surface area contributed by atoms with E-state index in [-0.39, 0.29) is 11.7 Å². The molecule has 1 aliphatic rings. The topological polar surface area (TPSA) is 108 Å². The maximum atomic E-state index is 9.93. The molecule has 0 atom stereocenters. The van der Waals surface area contributed by atoms with Crippen molar-refractivity contribution in [3.63, 3.8) is 0 Å². The molecule has 0 saturated carbocycles. The molecule has 9 nitrogen and oxygen atoms in total. The Morgan fingerprint density at radius 3 is 2.71 bits per heavy atom. The zero-order valence-corrected chi connectivity index (χ0v) is 18.6. The molecule has 0 spiro atoms. The molecule has 3 N–H and O–H groups in total. The summed E-state index contributed by atoms with van der Waals surface area (Å²) >= 11 is 9.43. The van der Waals surface area contributed by atoms with Gasteiger partial charge in [-0.05, 0) is 36.4 Å². The number of halogens is 2. The van der Waals surface area contributed by atoms with Gasteiger partial charge in [-0.1, -0.05) is 33.6 Å². The van der Waals surface area contributed by atoms with Gasteiger partial charge >= 0.3 is 0 Å². The first kappa shape index (κ1) is 21.3. The highest BCUT2D eigenvalue weighted by atomic mass is 79.9. The maximum absolute atomic E-state index is 9.93. The van der Waals surface area contributed by atoms with Gasteiger partial charge < -0.3 is 20.1 Å². The number of morpholine rings is 1. The minimum atomic E-state index is 0.0663. The van der Waals surface area contributed by atoms with Gasteiger partial charge in [-0.25, -0.2) is 5.43 Å². The molecule has 0 radical (unpaired) electrons. The summed E-state index contributed by atoms with van der Waals surface area (Å²) in [5.74, 6) is 1.21. The van der Waals surface area contributed by atoms with Gasteiger partial charge in [0, 0.05) is 33.8 Å². The third-order valence-corrected chi connectivity index (χ3v) is 5.08. The third kappa shape index (κ3) is 5.81. The molecule has 0 amide bonds. The fourth-order valence-electron chi connectivity index (χ4n) is 2.86. The summed E-state index contributed by atoms with van der Waals surface area (Å²) in [5, 5.41) is 17.7. The number of hydrazone groups is 1. The van der Waals surface area contributed by atoms with Crippen molar-refractivity contribution in [2.45, 2.75) is 0 Å². The molecule has 1 saturated heterocycles. The number of benzene rings is 2. The van der Waals surface area contributed by atoms with Gasteiger partial charge in [-0.3, -0.25) is 0 Å². The monoisotopic (exact) mass is 503 g/mol. The maximum Gasteiger partial charge on any atom is 0.250 e. The fraction of sp³-hybridized carbons (Fsp3) is 0.200. The highest BCUT2D eigenvalue weighted by Gasteiger charge is 2.16. The Morgan fingerprint density at radius 1 is 1.10 bits per heavy atom. The second-order valence-electron chi connectivity index (χ2n) is 6.59. The summed E-state index contributed by atoms with van der Waals surface area (Å²) in [6, 6.07) is 12.4. The lowest BCUT2D eigenvalue weighted by atomic mass is 10.2. The minimum absolute atomic E-state index is 0.0663. The molecule has 11 heteroatoms. The number of aromatic nitrogens is 3. The number of rotatable bonds is 6. The third-order valence-electron chi connectivity index (χ3n) is 4.36. The summed E-state index contributed by atoms with van der Waals surface area (Å²) in [6.07, 6.45) is 1.45. The Morgan fingerprint density at radius 2 is 1.90 bits per heavy atom. The molecule has 1 fully saturated rings. The van der Waals surface area contributed by atoms with Crippen LogP contribution in [-0.2, 0) is 4.74 Å². The molecule has 1 aromatic heterocycles. The van der Waals surface area contributed by atoms with E-state index in [0.29, 0.717) is 48.8 Å². The number of nitrogens with one attached hydrogen (secondary N) is 2. The van der Waals surface area contributed by atoms with Crippen LogP contribution in [0.1, 0.15) is 5.56 Å². The Kier molecular flexibility index (Phi) is 6.80. The van der Waals surface area contributed by atoms with E-state index in [1.165, 1.54) is 12.3 Å². The summed E-state index contributed by atoms with van der Waals surface area (Å²) in [7, 11) is 0. The first-order valence-corrected chi connectivity index (χ1v) is 10.6. The summed E-state index contributed by atoms with van der Waals surface area (Å²) < 4.78 is 6.35. The number of anilines is 4. The van der Waals surface area contributed by atoms with Crippen molar-refractivity contribution in [1.29, 1.82) is 0 Å². The molecule has 0 unspecified atom stereocenters. The molecular weight excluding hydrogens is 486 g/mol. The van der Waals surface area contributed by atoms with E-state index in [1.807, 2.05) is 29.2 Å². The molecule has 160 valence electrons. The molecule has 2 aromatic carbocycles. The Hall–Kier alpha value is -2.95. The van der Waals surface area contributed by atoms with Crippen LogP contribution in [0.4, 0.5) is 23.5 Å². The number of hydrogen-bond acceptors (Lipinski definition) is 9. The van der Waals surface area contributed by atoms with E-state index < -0.39 is 0 Å². The average molecular weight is 505 g/mol. The van der Waals surface area contributed by atoms with E-state index in [2.05, 4.69) is 46.7 Å². The van der Waals surface area contributed by atoms with Crippen molar-refractivity contribution in [3.05, 3.63) is 57.5 Å². The lowest BCUT2D eigenvalue weighted by molar-refractivity contribution is 0.122. The molecule has 3 aromatic rings. The summed E-state index contributed by atoms with van der Waals surface area (Å²) in [4.78, 5) is 15.4. The SMILES string of the molecule is Oc1ccc(Cl)cc1/C=N/Nc1nc(Nc2cccc(Br)c2)nc(N2CCOCC2)n1. The van der Waals surface area contributed by atoms with Crippen LogP contribution in [0.15, 0.2) is 52.0 Å². The standard InChI is InChI=1S/C20H19BrClN7O2/c21-14-2-1-3-16(11-14)24-18-25-19(27-20(26-18)29-6-8-31-9-7-29)28-23-12-13-10-15(22)4-5-17(13)30/h1-5,10-12,30H,6-9H2,(H2,24,25,26,27,28)/b23-12+. The molecular formula is C20H19BrClN7O2. The summed E-state index contributed by atoms with van der Waals surface area (Å²) in [6.45, 7) is 2.57. The number of phenols is 1. The normalized spacial score (nSPS) is 14.1. The number of nitrogens with zero attached hydrogens (tertiary/aromatic N) is 5. The summed E-state index contributed by atoms with van der Waals surface area (Å²) in [5.41, 5.74) is 4.10. The lowest BCUT2D eigenvalue weighted by Gasteiger charge is -2.27. The average Bonchev–Trinajstić information content (AvgIpc) is 2.77. The molecule has 0 bridgehead atoms. The van der Waals surface area contributed by atoms with E-state index in [0.717, 1.165) is 10.2 Å².